The third kappa shape index (κ3) is 5.09. The lowest BCUT2D eigenvalue weighted by Crippen LogP contribution is -2.34. The molecular weight excluding hydrogens is 408 g/mol. The van der Waals surface area contributed by atoms with Crippen molar-refractivity contribution in [1.82, 2.24) is 15.0 Å². The fourth-order valence-electron chi connectivity index (χ4n) is 2.69. The van der Waals surface area contributed by atoms with Crippen molar-refractivity contribution in [3.63, 3.8) is 0 Å². The predicted molar refractivity (Wildman–Crippen MR) is 114 cm³/mol. The molecule has 0 atom stereocenters. The van der Waals surface area contributed by atoms with Gasteiger partial charge in [0.25, 0.3) is 0 Å². The van der Waals surface area contributed by atoms with Gasteiger partial charge < -0.3 is 24.2 Å². The van der Waals surface area contributed by atoms with Gasteiger partial charge in [0.15, 0.2) is 11.5 Å². The molecule has 0 aliphatic rings. The molecule has 0 bridgehead atoms. The van der Waals surface area contributed by atoms with E-state index in [0.717, 1.165) is 0 Å². The van der Waals surface area contributed by atoms with Gasteiger partial charge in [-0.25, -0.2) is 4.79 Å². The Morgan fingerprint density at radius 1 is 1.20 bits per heavy atom. The van der Waals surface area contributed by atoms with Crippen LogP contribution >= 0.6 is 11.6 Å². The van der Waals surface area contributed by atoms with Gasteiger partial charge in [-0.05, 0) is 42.5 Å². The number of rotatable bonds is 8. The Balaban J connectivity index is 1.73. The number of aromatic nitrogens is 2. The Morgan fingerprint density at radius 3 is 2.60 bits per heavy atom. The van der Waals surface area contributed by atoms with Crippen LogP contribution in [0.3, 0.4) is 0 Å². The first-order valence-electron chi connectivity index (χ1n) is 9.01. The van der Waals surface area contributed by atoms with Crippen molar-refractivity contribution in [2.24, 2.45) is 0 Å². The number of urea groups is 1. The highest BCUT2D eigenvalue weighted by molar-refractivity contribution is 6.30. The number of halogens is 1. The van der Waals surface area contributed by atoms with E-state index in [0.29, 0.717) is 40.1 Å². The molecule has 30 heavy (non-hydrogen) atoms. The number of methoxy groups -OCH3 is 2. The number of hydrogen-bond donors (Lipinski definition) is 1. The van der Waals surface area contributed by atoms with Crippen molar-refractivity contribution < 1.29 is 18.8 Å². The average Bonchev–Trinajstić information content (AvgIpc) is 3.23. The van der Waals surface area contributed by atoms with E-state index in [1.165, 1.54) is 4.90 Å². The summed E-state index contributed by atoms with van der Waals surface area (Å²) in [6.45, 7) is 4.12. The Bertz CT molecular complexity index is 1020. The van der Waals surface area contributed by atoms with Gasteiger partial charge in [-0.3, -0.25) is 0 Å². The van der Waals surface area contributed by atoms with Crippen LogP contribution in [0.1, 0.15) is 5.89 Å². The molecule has 9 heteroatoms. The highest BCUT2D eigenvalue weighted by Crippen LogP contribution is 2.31. The minimum atomic E-state index is -0.330. The van der Waals surface area contributed by atoms with Gasteiger partial charge in [0, 0.05) is 22.8 Å². The Hall–Kier alpha value is -3.52. The summed E-state index contributed by atoms with van der Waals surface area (Å²) in [4.78, 5) is 18.5. The monoisotopic (exact) mass is 428 g/mol. The maximum Gasteiger partial charge on any atom is 0.322 e. The first-order chi connectivity index (χ1) is 14.5. The molecule has 3 rings (SSSR count). The fourth-order valence-corrected chi connectivity index (χ4v) is 2.81. The van der Waals surface area contributed by atoms with Crippen LogP contribution < -0.4 is 14.8 Å². The Morgan fingerprint density at radius 2 is 1.93 bits per heavy atom. The molecule has 0 saturated carbocycles. The van der Waals surface area contributed by atoms with Crippen LogP contribution in [0.2, 0.25) is 5.02 Å². The third-order valence-electron chi connectivity index (χ3n) is 4.17. The summed E-state index contributed by atoms with van der Waals surface area (Å²) in [5, 5.41) is 7.39. The van der Waals surface area contributed by atoms with Crippen LogP contribution in [0.5, 0.6) is 11.5 Å². The maximum absolute atomic E-state index is 12.6. The standard InChI is InChI=1S/C21H21ClN4O4/c1-4-11-26(21(27)23-16-8-6-15(22)7-9-16)13-19-24-20(25-30-19)14-5-10-17(28-2)18(12-14)29-3/h4-10,12H,1,11,13H2,2-3H3,(H,23,27). The van der Waals surface area contributed by atoms with Crippen LogP contribution in [-0.2, 0) is 6.54 Å². The normalized spacial score (nSPS) is 10.4. The summed E-state index contributed by atoms with van der Waals surface area (Å²) in [5.74, 6) is 1.81. The van der Waals surface area contributed by atoms with E-state index in [9.17, 15) is 4.79 Å². The number of benzene rings is 2. The van der Waals surface area contributed by atoms with Crippen molar-refractivity contribution in [2.45, 2.75) is 6.54 Å². The molecular formula is C21H21ClN4O4. The molecule has 1 N–H and O–H groups in total. The molecule has 156 valence electrons. The number of carbonyl (C=O) groups is 1. The lowest BCUT2D eigenvalue weighted by molar-refractivity contribution is 0.206. The molecule has 3 aromatic rings. The molecule has 0 saturated heterocycles. The van der Waals surface area contributed by atoms with Crippen molar-refractivity contribution in [1.29, 1.82) is 0 Å². The number of anilines is 1. The fraction of sp³-hybridized carbons (Fsp3) is 0.190. The second-order valence-electron chi connectivity index (χ2n) is 6.19. The first kappa shape index (κ1) is 21.2. The first-order valence-corrected chi connectivity index (χ1v) is 9.39. The van der Waals surface area contributed by atoms with Gasteiger partial charge in [0.1, 0.15) is 6.54 Å². The van der Waals surface area contributed by atoms with E-state index < -0.39 is 0 Å². The maximum atomic E-state index is 12.6. The van der Waals surface area contributed by atoms with Crippen LogP contribution in [0.15, 0.2) is 59.6 Å². The molecule has 0 radical (unpaired) electrons. The van der Waals surface area contributed by atoms with E-state index in [-0.39, 0.29) is 18.5 Å². The molecule has 8 nitrogen and oxygen atoms in total. The average molecular weight is 429 g/mol. The number of ether oxygens (including phenoxy) is 2. The van der Waals surface area contributed by atoms with E-state index in [2.05, 4.69) is 22.0 Å². The minimum absolute atomic E-state index is 0.117. The van der Waals surface area contributed by atoms with Gasteiger partial charge in [-0.1, -0.05) is 22.8 Å². The van der Waals surface area contributed by atoms with Crippen LogP contribution in [0.25, 0.3) is 11.4 Å². The molecule has 0 aliphatic carbocycles. The number of nitrogens with zero attached hydrogens (tertiary/aromatic N) is 3. The van der Waals surface area contributed by atoms with Gasteiger partial charge >= 0.3 is 6.03 Å². The van der Waals surface area contributed by atoms with Crippen molar-refractivity contribution in [3.8, 4) is 22.9 Å². The van der Waals surface area contributed by atoms with Gasteiger partial charge in [0.05, 0.1) is 14.2 Å². The summed E-state index contributed by atoms with van der Waals surface area (Å²) >= 11 is 5.88. The van der Waals surface area contributed by atoms with Crippen molar-refractivity contribution >= 4 is 23.3 Å². The van der Waals surface area contributed by atoms with Crippen LogP contribution in [0.4, 0.5) is 10.5 Å². The molecule has 0 spiro atoms. The van der Waals surface area contributed by atoms with Gasteiger partial charge in [-0.15, -0.1) is 6.58 Å². The van der Waals surface area contributed by atoms with E-state index in [1.807, 2.05) is 0 Å². The van der Waals surface area contributed by atoms with E-state index >= 15 is 0 Å². The summed E-state index contributed by atoms with van der Waals surface area (Å²) < 4.78 is 15.9. The van der Waals surface area contributed by atoms with Gasteiger partial charge in [0.2, 0.25) is 11.7 Å². The molecule has 0 aliphatic heterocycles. The highest BCUT2D eigenvalue weighted by Gasteiger charge is 2.18. The molecule has 1 aromatic heterocycles. The van der Waals surface area contributed by atoms with E-state index in [4.69, 9.17) is 25.6 Å². The topological polar surface area (TPSA) is 89.7 Å². The second kappa shape index (κ2) is 9.80. The third-order valence-corrected chi connectivity index (χ3v) is 4.42. The Labute approximate surface area is 179 Å². The van der Waals surface area contributed by atoms with E-state index in [1.54, 1.807) is 62.8 Å². The number of carbonyl (C=O) groups excluding carboxylic acids is 1. The number of hydrogen-bond acceptors (Lipinski definition) is 6. The van der Waals surface area contributed by atoms with Gasteiger partial charge in [-0.2, -0.15) is 4.98 Å². The quantitative estimate of drug-likeness (QED) is 0.526. The predicted octanol–water partition coefficient (Wildman–Crippen LogP) is 4.63. The second-order valence-corrected chi connectivity index (χ2v) is 6.62. The minimum Gasteiger partial charge on any atom is -0.493 e. The highest BCUT2D eigenvalue weighted by atomic mass is 35.5. The molecule has 1 heterocycles. The Kier molecular flexibility index (Phi) is 6.92. The lowest BCUT2D eigenvalue weighted by atomic mass is 10.2. The molecule has 2 aromatic carbocycles. The summed E-state index contributed by atoms with van der Waals surface area (Å²) in [5.41, 5.74) is 1.32. The lowest BCUT2D eigenvalue weighted by Gasteiger charge is -2.19. The summed E-state index contributed by atoms with van der Waals surface area (Å²) in [6, 6.07) is 11.8. The largest absolute Gasteiger partial charge is 0.493 e. The number of nitrogens with one attached hydrogen (secondary N) is 1. The zero-order chi connectivity index (χ0) is 21.5. The molecule has 0 unspecified atom stereocenters. The van der Waals surface area contributed by atoms with Crippen LogP contribution in [0, 0.1) is 0 Å². The van der Waals surface area contributed by atoms with Crippen molar-refractivity contribution in [3.05, 3.63) is 66.0 Å². The van der Waals surface area contributed by atoms with Crippen molar-refractivity contribution in [2.75, 3.05) is 26.1 Å². The van der Waals surface area contributed by atoms with Crippen LogP contribution in [-0.4, -0.2) is 41.8 Å². The molecule has 0 fully saturated rings. The zero-order valence-electron chi connectivity index (χ0n) is 16.6. The smallest absolute Gasteiger partial charge is 0.322 e. The SMILES string of the molecule is C=CCN(Cc1nc(-c2ccc(OC)c(OC)c2)no1)C(=O)Nc1ccc(Cl)cc1. The number of amides is 2. The summed E-state index contributed by atoms with van der Waals surface area (Å²) in [6.07, 6.45) is 1.62. The summed E-state index contributed by atoms with van der Waals surface area (Å²) in [7, 11) is 3.11. The zero-order valence-corrected chi connectivity index (χ0v) is 17.3. The molecule has 2 amide bonds.